The van der Waals surface area contributed by atoms with E-state index < -0.39 is 12.2 Å². The van der Waals surface area contributed by atoms with Gasteiger partial charge in [0.05, 0.1) is 6.10 Å². The first kappa shape index (κ1) is 15.5. The molecule has 0 saturated heterocycles. The molecule has 0 aliphatic rings. The van der Waals surface area contributed by atoms with Gasteiger partial charge >= 0.3 is 0 Å². The van der Waals surface area contributed by atoms with Gasteiger partial charge in [0.2, 0.25) is 0 Å². The topological polar surface area (TPSA) is 58.6 Å². The Morgan fingerprint density at radius 2 is 1.95 bits per heavy atom. The van der Waals surface area contributed by atoms with E-state index in [2.05, 4.69) is 5.32 Å². The number of hydrogen-bond acceptors (Lipinski definition) is 3. The normalized spacial score (nSPS) is 13.7. The number of aliphatic hydroxyl groups excluding tert-OH is 1. The summed E-state index contributed by atoms with van der Waals surface area (Å²) >= 11 is 0. The molecule has 0 saturated carbocycles. The fourth-order valence-electron chi connectivity index (χ4n) is 1.65. The van der Waals surface area contributed by atoms with E-state index in [1.54, 1.807) is 19.1 Å². The number of hydrogen-bond donors (Lipinski definition) is 2. The molecule has 1 aromatic rings. The molecule has 0 aliphatic carbocycles. The second-order valence-electron chi connectivity index (χ2n) is 4.54. The molecule has 1 rings (SSSR count). The van der Waals surface area contributed by atoms with Gasteiger partial charge in [0.25, 0.3) is 5.91 Å². The van der Waals surface area contributed by atoms with E-state index in [0.717, 1.165) is 12.0 Å². The average Bonchev–Trinajstić information content (AvgIpc) is 2.44. The van der Waals surface area contributed by atoms with E-state index in [9.17, 15) is 9.90 Å². The maximum absolute atomic E-state index is 11.7. The monoisotopic (exact) mass is 265 g/mol. The number of ether oxygens (including phenoxy) is 1. The van der Waals surface area contributed by atoms with Crippen LogP contribution in [0.2, 0.25) is 0 Å². The largest absolute Gasteiger partial charge is 0.481 e. The van der Waals surface area contributed by atoms with Gasteiger partial charge in [-0.3, -0.25) is 4.79 Å². The highest BCUT2D eigenvalue weighted by Gasteiger charge is 2.13. The van der Waals surface area contributed by atoms with E-state index >= 15 is 0 Å². The standard InChI is InChI=1S/C15H23NO3/c1-4-10-16-15(18)11(3)19-13-8-6-12(7-9-13)14(17)5-2/h6-9,11,14,17H,4-5,10H2,1-3H3,(H,16,18)/t11?,14-/m1/s1. The van der Waals surface area contributed by atoms with Crippen LogP contribution >= 0.6 is 0 Å². The van der Waals surface area contributed by atoms with Gasteiger partial charge in [-0.15, -0.1) is 0 Å². The second kappa shape index (κ2) is 7.79. The summed E-state index contributed by atoms with van der Waals surface area (Å²) in [5, 5.41) is 12.5. The molecule has 0 fully saturated rings. The zero-order chi connectivity index (χ0) is 14.3. The smallest absolute Gasteiger partial charge is 0.260 e. The van der Waals surface area contributed by atoms with Crippen LogP contribution in [-0.2, 0) is 4.79 Å². The van der Waals surface area contributed by atoms with Crippen LogP contribution in [0.25, 0.3) is 0 Å². The van der Waals surface area contributed by atoms with Gasteiger partial charge in [-0.2, -0.15) is 0 Å². The van der Waals surface area contributed by atoms with Gasteiger partial charge in [0.1, 0.15) is 5.75 Å². The molecule has 2 N–H and O–H groups in total. The summed E-state index contributed by atoms with van der Waals surface area (Å²) in [5.41, 5.74) is 0.859. The van der Waals surface area contributed by atoms with Crippen LogP contribution in [0.1, 0.15) is 45.3 Å². The third kappa shape index (κ3) is 4.91. The molecule has 0 aliphatic heterocycles. The summed E-state index contributed by atoms with van der Waals surface area (Å²) in [7, 11) is 0. The summed E-state index contributed by atoms with van der Waals surface area (Å²) in [4.78, 5) is 11.7. The Morgan fingerprint density at radius 3 is 2.47 bits per heavy atom. The number of carbonyl (C=O) groups is 1. The molecule has 0 bridgehead atoms. The first-order valence-electron chi connectivity index (χ1n) is 6.80. The fourth-order valence-corrected chi connectivity index (χ4v) is 1.65. The number of aliphatic hydroxyl groups is 1. The van der Waals surface area contributed by atoms with Crippen molar-refractivity contribution in [1.82, 2.24) is 5.32 Å². The van der Waals surface area contributed by atoms with Crippen molar-refractivity contribution in [3.63, 3.8) is 0 Å². The van der Waals surface area contributed by atoms with Crippen molar-refractivity contribution in [2.24, 2.45) is 0 Å². The van der Waals surface area contributed by atoms with Crippen molar-refractivity contribution in [3.05, 3.63) is 29.8 Å². The highest BCUT2D eigenvalue weighted by Crippen LogP contribution is 2.20. The molecule has 0 spiro atoms. The lowest BCUT2D eigenvalue weighted by atomic mass is 10.1. The van der Waals surface area contributed by atoms with Gasteiger partial charge in [0, 0.05) is 6.54 Å². The lowest BCUT2D eigenvalue weighted by molar-refractivity contribution is -0.127. The van der Waals surface area contributed by atoms with Crippen LogP contribution in [-0.4, -0.2) is 23.7 Å². The number of benzene rings is 1. The van der Waals surface area contributed by atoms with Crippen LogP contribution in [0.4, 0.5) is 0 Å². The first-order valence-corrected chi connectivity index (χ1v) is 6.80. The zero-order valence-corrected chi connectivity index (χ0v) is 11.8. The molecule has 106 valence electrons. The summed E-state index contributed by atoms with van der Waals surface area (Å²) < 4.78 is 5.55. The summed E-state index contributed by atoms with van der Waals surface area (Å²) in [6.07, 6.45) is 0.616. The number of nitrogens with one attached hydrogen (secondary N) is 1. The van der Waals surface area contributed by atoms with Gasteiger partial charge in [0.15, 0.2) is 6.10 Å². The van der Waals surface area contributed by atoms with Crippen molar-refractivity contribution >= 4 is 5.91 Å². The Balaban J connectivity index is 2.55. The van der Waals surface area contributed by atoms with E-state index in [0.29, 0.717) is 18.7 Å². The zero-order valence-electron chi connectivity index (χ0n) is 11.8. The molecule has 1 unspecified atom stereocenters. The molecule has 4 heteroatoms. The Labute approximate surface area is 114 Å². The lowest BCUT2D eigenvalue weighted by Gasteiger charge is -2.15. The number of amides is 1. The van der Waals surface area contributed by atoms with Crippen molar-refractivity contribution in [1.29, 1.82) is 0 Å². The van der Waals surface area contributed by atoms with E-state index in [1.807, 2.05) is 26.0 Å². The number of carbonyl (C=O) groups excluding carboxylic acids is 1. The molecular weight excluding hydrogens is 242 g/mol. The second-order valence-corrected chi connectivity index (χ2v) is 4.54. The molecule has 1 aromatic carbocycles. The molecule has 0 aromatic heterocycles. The van der Waals surface area contributed by atoms with Gasteiger partial charge in [-0.25, -0.2) is 0 Å². The van der Waals surface area contributed by atoms with Crippen molar-refractivity contribution in [2.45, 2.75) is 45.8 Å². The molecule has 0 heterocycles. The van der Waals surface area contributed by atoms with Gasteiger partial charge in [-0.1, -0.05) is 26.0 Å². The highest BCUT2D eigenvalue weighted by atomic mass is 16.5. The predicted molar refractivity (Wildman–Crippen MR) is 75.1 cm³/mol. The van der Waals surface area contributed by atoms with Crippen LogP contribution in [0, 0.1) is 0 Å². The third-order valence-corrected chi connectivity index (χ3v) is 2.88. The Kier molecular flexibility index (Phi) is 6.36. The molecule has 0 radical (unpaired) electrons. The molecular formula is C15H23NO3. The van der Waals surface area contributed by atoms with Crippen molar-refractivity contribution in [2.75, 3.05) is 6.54 Å². The maximum atomic E-state index is 11.7. The Bertz CT molecular complexity index is 389. The Hall–Kier alpha value is -1.55. The van der Waals surface area contributed by atoms with Gasteiger partial charge < -0.3 is 15.2 Å². The van der Waals surface area contributed by atoms with E-state index in [-0.39, 0.29) is 5.91 Å². The van der Waals surface area contributed by atoms with Crippen LogP contribution < -0.4 is 10.1 Å². The predicted octanol–water partition coefficient (Wildman–Crippen LogP) is 2.42. The quantitative estimate of drug-likeness (QED) is 0.796. The molecule has 1 amide bonds. The lowest BCUT2D eigenvalue weighted by Crippen LogP contribution is -2.36. The minimum absolute atomic E-state index is 0.112. The molecule has 2 atom stereocenters. The first-order chi connectivity index (χ1) is 9.08. The van der Waals surface area contributed by atoms with Crippen molar-refractivity contribution < 1.29 is 14.6 Å². The summed E-state index contributed by atoms with van der Waals surface area (Å²) in [5.74, 6) is 0.519. The van der Waals surface area contributed by atoms with Gasteiger partial charge in [-0.05, 0) is 37.5 Å². The average molecular weight is 265 g/mol. The minimum atomic E-state index is -0.520. The van der Waals surface area contributed by atoms with Crippen LogP contribution in [0.15, 0.2) is 24.3 Å². The van der Waals surface area contributed by atoms with E-state index in [4.69, 9.17) is 4.74 Å². The SMILES string of the molecule is CCCNC(=O)C(C)Oc1ccc([C@H](O)CC)cc1. The highest BCUT2D eigenvalue weighted by molar-refractivity contribution is 5.80. The molecule has 19 heavy (non-hydrogen) atoms. The van der Waals surface area contributed by atoms with Crippen molar-refractivity contribution in [3.8, 4) is 5.75 Å². The fraction of sp³-hybridized carbons (Fsp3) is 0.533. The van der Waals surface area contributed by atoms with E-state index in [1.165, 1.54) is 0 Å². The Morgan fingerprint density at radius 1 is 1.32 bits per heavy atom. The molecule has 4 nitrogen and oxygen atoms in total. The van der Waals surface area contributed by atoms with Crippen LogP contribution in [0.5, 0.6) is 5.75 Å². The third-order valence-electron chi connectivity index (χ3n) is 2.88. The summed E-state index contributed by atoms with van der Waals surface area (Å²) in [6, 6.07) is 7.19. The minimum Gasteiger partial charge on any atom is -0.481 e. The van der Waals surface area contributed by atoms with Crippen LogP contribution in [0.3, 0.4) is 0 Å². The number of rotatable bonds is 7. The maximum Gasteiger partial charge on any atom is 0.260 e. The summed E-state index contributed by atoms with van der Waals surface area (Å²) in [6.45, 7) is 6.31.